The number of aromatic hydroxyl groups is 3. The number of methoxy groups -OCH3 is 1. The quantitative estimate of drug-likeness (QED) is 0.587. The van der Waals surface area contributed by atoms with Gasteiger partial charge in [0.1, 0.15) is 27.5 Å². The molecule has 0 aliphatic rings. The zero-order chi connectivity index (χ0) is 17.0. The van der Waals surface area contributed by atoms with Gasteiger partial charge in [-0.25, -0.2) is 0 Å². The highest BCUT2D eigenvalue weighted by atomic mass is 79.9. The third kappa shape index (κ3) is 4.42. The highest BCUT2D eigenvalue weighted by Gasteiger charge is 2.07. The maximum absolute atomic E-state index is 9.94. The number of rotatable bonds is 5. The lowest BCUT2D eigenvalue weighted by atomic mass is 10.1. The lowest BCUT2D eigenvalue weighted by Crippen LogP contribution is -1.89. The molecule has 0 aliphatic heterocycles. The number of ether oxygens (including phenoxy) is 1. The van der Waals surface area contributed by atoms with Gasteiger partial charge in [-0.05, 0) is 74.5 Å². The van der Waals surface area contributed by atoms with Crippen molar-refractivity contribution in [3.05, 3.63) is 56.5 Å². The molecule has 0 fully saturated rings. The van der Waals surface area contributed by atoms with E-state index >= 15 is 0 Å². The summed E-state index contributed by atoms with van der Waals surface area (Å²) in [6, 6.07) is 6.57. The monoisotopic (exact) mass is 442 g/mol. The van der Waals surface area contributed by atoms with E-state index in [0.29, 0.717) is 23.1 Å². The maximum Gasteiger partial charge on any atom is 0.133 e. The molecular weight excluding hydrogens is 428 g/mol. The van der Waals surface area contributed by atoms with Crippen molar-refractivity contribution in [2.45, 2.75) is 12.8 Å². The molecule has 6 heteroatoms. The minimum absolute atomic E-state index is 0.00342. The van der Waals surface area contributed by atoms with Gasteiger partial charge in [0, 0.05) is 5.56 Å². The average Bonchev–Trinajstić information content (AvgIpc) is 2.50. The largest absolute Gasteiger partial charge is 0.508 e. The molecule has 2 aromatic rings. The zero-order valence-electron chi connectivity index (χ0n) is 12.4. The van der Waals surface area contributed by atoms with Gasteiger partial charge < -0.3 is 20.1 Å². The second kappa shape index (κ2) is 7.75. The first-order chi connectivity index (χ1) is 10.9. The van der Waals surface area contributed by atoms with Crippen molar-refractivity contribution in [2.24, 2.45) is 0 Å². The van der Waals surface area contributed by atoms with Gasteiger partial charge in [0.2, 0.25) is 0 Å². The fourth-order valence-electron chi connectivity index (χ4n) is 2.10. The molecule has 0 aliphatic carbocycles. The average molecular weight is 444 g/mol. The Morgan fingerprint density at radius 3 is 2.13 bits per heavy atom. The highest BCUT2D eigenvalue weighted by molar-refractivity contribution is 9.11. The molecule has 2 rings (SSSR count). The molecule has 0 bridgehead atoms. The Balaban J connectivity index is 2.05. The lowest BCUT2D eigenvalue weighted by Gasteiger charge is -2.08. The van der Waals surface area contributed by atoms with E-state index in [2.05, 4.69) is 31.9 Å². The second-order valence-corrected chi connectivity index (χ2v) is 6.59. The number of phenolic OH excluding ortho intramolecular Hbond substituents is 3. The van der Waals surface area contributed by atoms with Crippen molar-refractivity contribution < 1.29 is 20.1 Å². The Bertz CT molecular complexity index is 719. The van der Waals surface area contributed by atoms with Gasteiger partial charge in [-0.3, -0.25) is 0 Å². The van der Waals surface area contributed by atoms with Crippen molar-refractivity contribution in [2.75, 3.05) is 7.11 Å². The van der Waals surface area contributed by atoms with Gasteiger partial charge in [0.05, 0.1) is 11.6 Å². The van der Waals surface area contributed by atoms with Crippen LogP contribution in [0.5, 0.6) is 23.0 Å². The molecule has 4 nitrogen and oxygen atoms in total. The minimum Gasteiger partial charge on any atom is -0.508 e. The van der Waals surface area contributed by atoms with Crippen molar-refractivity contribution in [3.8, 4) is 23.0 Å². The summed E-state index contributed by atoms with van der Waals surface area (Å²) in [7, 11) is 1.57. The number of phenols is 3. The van der Waals surface area contributed by atoms with E-state index < -0.39 is 0 Å². The van der Waals surface area contributed by atoms with Crippen LogP contribution in [0.25, 0.3) is 0 Å². The van der Waals surface area contributed by atoms with Gasteiger partial charge >= 0.3 is 0 Å². The van der Waals surface area contributed by atoms with Crippen LogP contribution < -0.4 is 4.74 Å². The number of allylic oxidation sites excluding steroid dienone is 2. The summed E-state index contributed by atoms with van der Waals surface area (Å²) < 4.78 is 6.20. The van der Waals surface area contributed by atoms with Crippen LogP contribution in [0.3, 0.4) is 0 Å². The molecule has 3 N–H and O–H groups in total. The molecule has 23 heavy (non-hydrogen) atoms. The fourth-order valence-corrected chi connectivity index (χ4v) is 2.83. The topological polar surface area (TPSA) is 69.9 Å². The van der Waals surface area contributed by atoms with Crippen LogP contribution in [0.15, 0.2) is 45.4 Å². The van der Waals surface area contributed by atoms with Gasteiger partial charge in [-0.1, -0.05) is 12.2 Å². The molecule has 0 spiro atoms. The zero-order valence-corrected chi connectivity index (χ0v) is 15.6. The molecule has 0 unspecified atom stereocenters. The van der Waals surface area contributed by atoms with Crippen molar-refractivity contribution in [3.63, 3.8) is 0 Å². The van der Waals surface area contributed by atoms with E-state index in [4.69, 9.17) is 4.74 Å². The molecule has 0 saturated carbocycles. The minimum atomic E-state index is 0.00342. The van der Waals surface area contributed by atoms with Crippen LogP contribution >= 0.6 is 31.9 Å². The highest BCUT2D eigenvalue weighted by Crippen LogP contribution is 2.34. The normalized spacial score (nSPS) is 11.1. The first-order valence-corrected chi connectivity index (χ1v) is 8.41. The van der Waals surface area contributed by atoms with E-state index in [1.54, 1.807) is 31.4 Å². The van der Waals surface area contributed by atoms with Gasteiger partial charge in [0.25, 0.3) is 0 Å². The fraction of sp³-hybridized carbons (Fsp3) is 0.176. The number of halogens is 2. The van der Waals surface area contributed by atoms with Gasteiger partial charge in [-0.2, -0.15) is 0 Å². The summed E-state index contributed by atoms with van der Waals surface area (Å²) in [4.78, 5) is 0. The number of hydrogen-bond acceptors (Lipinski definition) is 4. The summed E-state index contributed by atoms with van der Waals surface area (Å²) in [5, 5.41) is 29.2. The van der Waals surface area contributed by atoms with Crippen LogP contribution in [-0.2, 0) is 12.8 Å². The molecule has 0 radical (unpaired) electrons. The lowest BCUT2D eigenvalue weighted by molar-refractivity contribution is 0.408. The Hall–Kier alpha value is -1.66. The summed E-state index contributed by atoms with van der Waals surface area (Å²) in [5.41, 5.74) is 1.54. The SMILES string of the molecule is COc1cc(CC=CCc2cc(O)c(Br)c(O)c2)c(O)cc1Br. The van der Waals surface area contributed by atoms with Crippen molar-refractivity contribution >= 4 is 31.9 Å². The van der Waals surface area contributed by atoms with Crippen molar-refractivity contribution in [1.29, 1.82) is 0 Å². The van der Waals surface area contributed by atoms with Gasteiger partial charge in [-0.15, -0.1) is 0 Å². The third-order valence-electron chi connectivity index (χ3n) is 3.31. The molecule has 0 amide bonds. The van der Waals surface area contributed by atoms with Crippen LogP contribution in [0.1, 0.15) is 11.1 Å². The molecule has 0 aromatic heterocycles. The number of hydrogen-bond donors (Lipinski definition) is 3. The van der Waals surface area contributed by atoms with E-state index in [0.717, 1.165) is 11.1 Å². The predicted octanol–water partition coefficient (Wildman–Crippen LogP) is 4.68. The molecule has 122 valence electrons. The second-order valence-electron chi connectivity index (χ2n) is 4.94. The maximum atomic E-state index is 9.94. The third-order valence-corrected chi connectivity index (χ3v) is 4.74. The van der Waals surface area contributed by atoms with Crippen LogP contribution in [0.4, 0.5) is 0 Å². The Kier molecular flexibility index (Phi) is 5.96. The first-order valence-electron chi connectivity index (χ1n) is 6.83. The molecule has 0 atom stereocenters. The molecule has 2 aromatic carbocycles. The molecule has 0 heterocycles. The summed E-state index contributed by atoms with van der Waals surface area (Å²) >= 11 is 6.41. The Morgan fingerprint density at radius 1 is 0.913 bits per heavy atom. The standard InChI is InChI=1S/C17H16Br2O4/c1-23-16-8-11(13(20)9-12(16)18)5-3-2-4-10-6-14(21)17(19)15(22)7-10/h2-3,6-9,20-22H,4-5H2,1H3. The van der Waals surface area contributed by atoms with Crippen molar-refractivity contribution in [1.82, 2.24) is 0 Å². The van der Waals surface area contributed by atoms with E-state index in [9.17, 15) is 15.3 Å². The predicted molar refractivity (Wildman–Crippen MR) is 96.4 cm³/mol. The van der Waals surface area contributed by atoms with E-state index in [1.165, 1.54) is 0 Å². The van der Waals surface area contributed by atoms with E-state index in [-0.39, 0.29) is 21.7 Å². The van der Waals surface area contributed by atoms with Gasteiger partial charge in [0.15, 0.2) is 0 Å². The number of benzene rings is 2. The smallest absolute Gasteiger partial charge is 0.133 e. The van der Waals surface area contributed by atoms with E-state index in [1.807, 2.05) is 12.2 Å². The summed E-state index contributed by atoms with van der Waals surface area (Å²) in [6.07, 6.45) is 4.93. The molecule has 0 saturated heterocycles. The Labute approximate surface area is 151 Å². The van der Waals surface area contributed by atoms with Crippen LogP contribution in [0.2, 0.25) is 0 Å². The Morgan fingerprint density at radius 2 is 1.52 bits per heavy atom. The summed E-state index contributed by atoms with van der Waals surface area (Å²) in [5.74, 6) is 0.864. The first kappa shape index (κ1) is 17.7. The molecular formula is C17H16Br2O4. The van der Waals surface area contributed by atoms with Crippen LogP contribution in [-0.4, -0.2) is 22.4 Å². The summed E-state index contributed by atoms with van der Waals surface area (Å²) in [6.45, 7) is 0. The van der Waals surface area contributed by atoms with Crippen LogP contribution in [0, 0.1) is 0 Å².